The van der Waals surface area contributed by atoms with Crippen molar-refractivity contribution in [1.29, 1.82) is 0 Å². The van der Waals surface area contributed by atoms with E-state index in [0.29, 0.717) is 0 Å². The molecule has 0 bridgehead atoms. The molecule has 38 heavy (non-hydrogen) atoms. The number of pyridine rings is 2. The SMILES string of the molecule is [Br-].[Br-].c1cc(CCCCC[n+]2ccc3ccccc3c2)cc(CCCCC[n+]2ccc3ccccc3c2)c1. The molecule has 3 aromatic carbocycles. The summed E-state index contributed by atoms with van der Waals surface area (Å²) in [5.41, 5.74) is 3.00. The zero-order valence-corrected chi connectivity index (χ0v) is 25.3. The molecule has 4 heteroatoms. The van der Waals surface area contributed by atoms with Gasteiger partial charge in [-0.25, -0.2) is 9.13 Å². The molecule has 0 unspecified atom stereocenters. The monoisotopic (exact) mass is 632 g/mol. The fourth-order valence-electron chi connectivity index (χ4n) is 5.18. The van der Waals surface area contributed by atoms with Gasteiger partial charge in [0.15, 0.2) is 24.8 Å². The summed E-state index contributed by atoms with van der Waals surface area (Å²) in [4.78, 5) is 0. The van der Waals surface area contributed by atoms with Gasteiger partial charge in [0.05, 0.1) is 0 Å². The van der Waals surface area contributed by atoms with Gasteiger partial charge in [-0.05, 0) is 72.6 Å². The first-order valence-electron chi connectivity index (χ1n) is 13.7. The maximum atomic E-state index is 2.44. The zero-order chi connectivity index (χ0) is 24.4. The summed E-state index contributed by atoms with van der Waals surface area (Å²) < 4.78 is 4.67. The van der Waals surface area contributed by atoms with Gasteiger partial charge in [-0.15, -0.1) is 0 Å². The predicted molar refractivity (Wildman–Crippen MR) is 150 cm³/mol. The molecule has 0 aliphatic carbocycles. The van der Waals surface area contributed by atoms with E-state index < -0.39 is 0 Å². The average molecular weight is 635 g/mol. The molecule has 2 nitrogen and oxygen atoms in total. The van der Waals surface area contributed by atoms with Crippen LogP contribution in [0.5, 0.6) is 0 Å². The summed E-state index contributed by atoms with van der Waals surface area (Å²) in [5.74, 6) is 0. The predicted octanol–water partition coefficient (Wildman–Crippen LogP) is 1.40. The molecule has 0 atom stereocenters. The molecule has 0 amide bonds. The van der Waals surface area contributed by atoms with Crippen molar-refractivity contribution in [2.45, 2.75) is 64.5 Å². The van der Waals surface area contributed by atoms with E-state index in [1.807, 2.05) is 0 Å². The van der Waals surface area contributed by atoms with Crippen LogP contribution < -0.4 is 43.1 Å². The molecule has 0 radical (unpaired) electrons. The average Bonchev–Trinajstić information content (AvgIpc) is 2.93. The van der Waals surface area contributed by atoms with Crippen LogP contribution in [0.1, 0.15) is 49.7 Å². The minimum Gasteiger partial charge on any atom is -1.00 e. The Bertz CT molecular complexity index is 1310. The van der Waals surface area contributed by atoms with Crippen LogP contribution in [0.3, 0.4) is 0 Å². The molecule has 2 heterocycles. The number of nitrogens with zero attached hydrogens (tertiary/aromatic N) is 2. The smallest absolute Gasteiger partial charge is 0.176 e. The highest BCUT2D eigenvalue weighted by Gasteiger charge is 2.05. The van der Waals surface area contributed by atoms with Crippen LogP contribution in [0.15, 0.2) is 110 Å². The number of halogens is 2. The molecule has 0 spiro atoms. The molecule has 0 fully saturated rings. The van der Waals surface area contributed by atoms with Gasteiger partial charge < -0.3 is 34.0 Å². The number of aromatic nitrogens is 2. The number of unbranched alkanes of at least 4 members (excludes halogenated alkanes) is 4. The lowest BCUT2D eigenvalue weighted by Crippen LogP contribution is -3.00. The van der Waals surface area contributed by atoms with Crippen molar-refractivity contribution in [2.75, 3.05) is 0 Å². The first-order chi connectivity index (χ1) is 17.8. The van der Waals surface area contributed by atoms with Crippen LogP contribution in [0, 0.1) is 0 Å². The molecule has 5 aromatic rings. The van der Waals surface area contributed by atoms with Gasteiger partial charge >= 0.3 is 0 Å². The zero-order valence-electron chi connectivity index (χ0n) is 22.1. The van der Waals surface area contributed by atoms with Crippen molar-refractivity contribution in [3.8, 4) is 0 Å². The third kappa shape index (κ3) is 8.74. The Kier molecular flexibility index (Phi) is 12.4. The van der Waals surface area contributed by atoms with Crippen LogP contribution >= 0.6 is 0 Å². The molecule has 2 aromatic heterocycles. The first kappa shape index (κ1) is 30.0. The third-order valence-corrected chi connectivity index (χ3v) is 7.25. The van der Waals surface area contributed by atoms with Crippen LogP contribution in [-0.4, -0.2) is 0 Å². The van der Waals surface area contributed by atoms with Crippen molar-refractivity contribution < 1.29 is 43.1 Å². The number of hydrogen-bond donors (Lipinski definition) is 0. The summed E-state index contributed by atoms with van der Waals surface area (Å²) in [6.07, 6.45) is 18.9. The van der Waals surface area contributed by atoms with Crippen molar-refractivity contribution in [3.05, 3.63) is 121 Å². The second kappa shape index (κ2) is 15.8. The van der Waals surface area contributed by atoms with Gasteiger partial charge in [0.1, 0.15) is 13.1 Å². The largest absolute Gasteiger partial charge is 1.00 e. The molecule has 0 saturated heterocycles. The van der Waals surface area contributed by atoms with E-state index in [-0.39, 0.29) is 34.0 Å². The summed E-state index contributed by atoms with van der Waals surface area (Å²) in [6.45, 7) is 2.20. The van der Waals surface area contributed by atoms with Crippen molar-refractivity contribution >= 4 is 21.5 Å². The summed E-state index contributed by atoms with van der Waals surface area (Å²) in [7, 11) is 0. The fourth-order valence-corrected chi connectivity index (χ4v) is 5.18. The van der Waals surface area contributed by atoms with Gasteiger partial charge in [-0.2, -0.15) is 0 Å². The lowest BCUT2D eigenvalue weighted by atomic mass is 10.0. The molecular weight excluding hydrogens is 596 g/mol. The highest BCUT2D eigenvalue weighted by molar-refractivity contribution is 5.80. The van der Waals surface area contributed by atoms with E-state index >= 15 is 0 Å². The van der Waals surface area contributed by atoms with E-state index in [0.717, 1.165) is 13.1 Å². The second-order valence-corrected chi connectivity index (χ2v) is 10.1. The Balaban J connectivity index is 0.00000200. The molecule has 0 saturated carbocycles. The van der Waals surface area contributed by atoms with Crippen LogP contribution in [-0.2, 0) is 25.9 Å². The van der Waals surface area contributed by atoms with Gasteiger partial charge in [0.2, 0.25) is 0 Å². The Morgan fingerprint density at radius 3 is 1.34 bits per heavy atom. The second-order valence-electron chi connectivity index (χ2n) is 10.1. The normalized spacial score (nSPS) is 10.7. The Labute approximate surface area is 248 Å². The number of benzene rings is 3. The summed E-state index contributed by atoms with van der Waals surface area (Å²) in [6, 6.07) is 30.9. The Hall–Kier alpha value is -2.56. The molecule has 0 N–H and O–H groups in total. The van der Waals surface area contributed by atoms with Crippen molar-refractivity contribution in [1.82, 2.24) is 0 Å². The van der Waals surface area contributed by atoms with Crippen LogP contribution in [0.4, 0.5) is 0 Å². The summed E-state index contributed by atoms with van der Waals surface area (Å²) >= 11 is 0. The number of aryl methyl sites for hydroxylation is 4. The Morgan fingerprint density at radius 1 is 0.421 bits per heavy atom. The van der Waals surface area contributed by atoms with E-state index in [9.17, 15) is 0 Å². The lowest BCUT2D eigenvalue weighted by Gasteiger charge is -2.06. The standard InChI is InChI=1S/C34H38N2.2BrH/c1(9-22-35-24-20-31-16-5-7-18-33(31)27-35)3-12-29-14-11-15-30(26-29)13-4-2-10-23-36-25-21-32-17-6-8-19-34(32)28-36;;/h5-8,11,14-21,24-28H,1-4,9-10,12-13,22-23H2;2*1H/q+2;;/p-2. The molecule has 0 aliphatic rings. The molecule has 5 rings (SSSR count). The van der Waals surface area contributed by atoms with E-state index in [4.69, 9.17) is 0 Å². The van der Waals surface area contributed by atoms with Crippen LogP contribution in [0.25, 0.3) is 21.5 Å². The van der Waals surface area contributed by atoms with Gasteiger partial charge in [-0.1, -0.05) is 60.7 Å². The number of hydrogen-bond acceptors (Lipinski definition) is 0. The highest BCUT2D eigenvalue weighted by atomic mass is 79.9. The molecule has 0 aliphatic heterocycles. The van der Waals surface area contributed by atoms with E-state index in [1.54, 1.807) is 0 Å². The quantitative estimate of drug-likeness (QED) is 0.145. The fraction of sp³-hybridized carbons (Fsp3) is 0.294. The topological polar surface area (TPSA) is 7.76 Å². The van der Waals surface area contributed by atoms with Gasteiger partial charge in [0, 0.05) is 35.7 Å². The van der Waals surface area contributed by atoms with Crippen molar-refractivity contribution in [3.63, 3.8) is 0 Å². The van der Waals surface area contributed by atoms with Crippen molar-refractivity contribution in [2.24, 2.45) is 0 Å². The lowest BCUT2D eigenvalue weighted by molar-refractivity contribution is -0.696. The minimum absolute atomic E-state index is 0. The Morgan fingerprint density at radius 2 is 0.868 bits per heavy atom. The number of rotatable bonds is 12. The highest BCUT2D eigenvalue weighted by Crippen LogP contribution is 2.14. The maximum absolute atomic E-state index is 2.44. The molecule has 198 valence electrons. The maximum Gasteiger partial charge on any atom is 0.176 e. The van der Waals surface area contributed by atoms with Crippen LogP contribution in [0.2, 0.25) is 0 Å². The van der Waals surface area contributed by atoms with E-state index in [2.05, 4.69) is 119 Å². The first-order valence-corrected chi connectivity index (χ1v) is 13.7. The summed E-state index contributed by atoms with van der Waals surface area (Å²) in [5, 5.41) is 5.28. The minimum atomic E-state index is 0. The number of fused-ring (bicyclic) bond motifs is 2. The van der Waals surface area contributed by atoms with E-state index in [1.165, 1.54) is 84.0 Å². The van der Waals surface area contributed by atoms with Gasteiger partial charge in [-0.3, -0.25) is 0 Å². The third-order valence-electron chi connectivity index (χ3n) is 7.25. The molecular formula is C34H38Br2N2. The van der Waals surface area contributed by atoms with Gasteiger partial charge in [0.25, 0.3) is 0 Å².